The second-order valence-electron chi connectivity index (χ2n) is 2.42. The summed E-state index contributed by atoms with van der Waals surface area (Å²) in [5, 5.41) is 3.78. The predicted molar refractivity (Wildman–Crippen MR) is 38.1 cm³/mol. The van der Waals surface area contributed by atoms with Crippen molar-refractivity contribution in [1.82, 2.24) is 9.78 Å². The van der Waals surface area contributed by atoms with Gasteiger partial charge in [0.1, 0.15) is 0 Å². The molecule has 0 N–H and O–H groups in total. The molecule has 0 aliphatic carbocycles. The molecule has 0 amide bonds. The summed E-state index contributed by atoms with van der Waals surface area (Å²) in [5.41, 5.74) is -0.641. The van der Waals surface area contributed by atoms with E-state index in [0.717, 1.165) is 12.4 Å². The molecule has 0 spiro atoms. The van der Waals surface area contributed by atoms with Crippen molar-refractivity contribution < 1.29 is 55.6 Å². The number of aromatic nitrogens is 2. The SMILES string of the molecule is C[I-]C([I-]C)n1cc(C(F)(F)F)cn1. The monoisotopic (exact) mass is 432 g/mol. The molecule has 1 aromatic rings. The molecule has 1 heterocycles. The Morgan fingerprint density at radius 2 is 1.93 bits per heavy atom. The van der Waals surface area contributed by atoms with Crippen molar-refractivity contribution in [3.63, 3.8) is 0 Å². The molecule has 0 saturated carbocycles. The molecular formula is C7H9F3I2N2-2. The molecule has 2 nitrogen and oxygen atoms in total. The van der Waals surface area contributed by atoms with E-state index in [1.807, 2.05) is 0 Å². The Morgan fingerprint density at radius 1 is 1.36 bits per heavy atom. The van der Waals surface area contributed by atoms with Gasteiger partial charge in [0.2, 0.25) is 0 Å². The summed E-state index contributed by atoms with van der Waals surface area (Å²) < 4.78 is 38.5. The van der Waals surface area contributed by atoms with Crippen LogP contribution < -0.4 is 42.4 Å². The molecule has 0 aliphatic rings. The van der Waals surface area contributed by atoms with Crippen LogP contribution in [0, 0.1) is 0 Å². The summed E-state index contributed by atoms with van der Waals surface area (Å²) in [6, 6.07) is 0. The summed E-state index contributed by atoms with van der Waals surface area (Å²) >= 11 is -0.157. The van der Waals surface area contributed by atoms with Gasteiger partial charge in [-0.3, -0.25) is 0 Å². The van der Waals surface area contributed by atoms with E-state index in [1.165, 1.54) is 4.68 Å². The van der Waals surface area contributed by atoms with E-state index < -0.39 is 11.7 Å². The zero-order valence-corrected chi connectivity index (χ0v) is 11.8. The van der Waals surface area contributed by atoms with Gasteiger partial charge in [-0.05, 0) is 0 Å². The van der Waals surface area contributed by atoms with Gasteiger partial charge < -0.3 is 0 Å². The topological polar surface area (TPSA) is 17.8 Å². The van der Waals surface area contributed by atoms with Crippen molar-refractivity contribution in [2.75, 3.05) is 9.86 Å². The molecule has 0 atom stereocenters. The fourth-order valence-corrected chi connectivity index (χ4v) is 6.25. The third kappa shape index (κ3) is 2.97. The summed E-state index contributed by atoms with van der Waals surface area (Å²) in [6.45, 7) is 0. The van der Waals surface area contributed by atoms with Gasteiger partial charge in [0.15, 0.2) is 0 Å². The van der Waals surface area contributed by atoms with Crippen LogP contribution in [-0.2, 0) is 6.18 Å². The normalized spacial score (nSPS) is 13.0. The average molecular weight is 432 g/mol. The maximum atomic E-state index is 12.2. The fourth-order valence-electron chi connectivity index (χ4n) is 0.874. The average Bonchev–Trinajstić information content (AvgIpc) is 2.54. The van der Waals surface area contributed by atoms with Crippen LogP contribution in [0.5, 0.6) is 0 Å². The zero-order valence-electron chi connectivity index (χ0n) is 7.52. The van der Waals surface area contributed by atoms with Crippen molar-refractivity contribution >= 4 is 0 Å². The standard InChI is InChI=1S/C7H9F3I2N2/c1-11-6(12-2)14-4-5(3-13-14)7(8,9)10/h3-4,6H,1-2H3/q-2. The number of hydrogen-bond acceptors (Lipinski definition) is 1. The van der Waals surface area contributed by atoms with Gasteiger partial charge in [-0.25, -0.2) is 0 Å². The Hall–Kier alpha value is 0.460. The van der Waals surface area contributed by atoms with Gasteiger partial charge in [-0.1, -0.05) is 0 Å². The quantitative estimate of drug-likeness (QED) is 0.350. The van der Waals surface area contributed by atoms with Gasteiger partial charge in [-0.15, -0.1) is 0 Å². The molecule has 0 aromatic carbocycles. The first-order valence-corrected chi connectivity index (χ1v) is 10.4. The third-order valence-corrected chi connectivity index (χ3v) is 11.0. The van der Waals surface area contributed by atoms with Gasteiger partial charge in [0.05, 0.1) is 0 Å². The van der Waals surface area contributed by atoms with Crippen molar-refractivity contribution in [2.45, 2.75) is 8.23 Å². The summed E-state index contributed by atoms with van der Waals surface area (Å²) in [7, 11) is 0. The number of nitrogens with zero attached hydrogens (tertiary/aromatic N) is 2. The fraction of sp³-hybridized carbons (Fsp3) is 0.571. The van der Waals surface area contributed by atoms with Gasteiger partial charge in [-0.2, -0.15) is 0 Å². The number of rotatable bonds is 3. The van der Waals surface area contributed by atoms with Crippen molar-refractivity contribution in [2.24, 2.45) is 0 Å². The molecule has 0 saturated heterocycles. The van der Waals surface area contributed by atoms with E-state index in [-0.39, 0.29) is 44.5 Å². The van der Waals surface area contributed by atoms with Crippen molar-refractivity contribution in [1.29, 1.82) is 0 Å². The zero-order chi connectivity index (χ0) is 10.8. The molecule has 0 radical (unpaired) electrons. The van der Waals surface area contributed by atoms with Crippen LogP contribution in [0.2, 0.25) is 0 Å². The Balaban J connectivity index is 2.87. The summed E-state index contributed by atoms with van der Waals surface area (Å²) in [5.74, 6) is 0. The summed E-state index contributed by atoms with van der Waals surface area (Å²) in [4.78, 5) is 4.14. The van der Waals surface area contributed by atoms with E-state index in [4.69, 9.17) is 0 Å². The van der Waals surface area contributed by atoms with Crippen LogP contribution in [-0.4, -0.2) is 19.6 Å². The second-order valence-corrected chi connectivity index (χ2v) is 9.66. The van der Waals surface area contributed by atoms with E-state index >= 15 is 0 Å². The van der Waals surface area contributed by atoms with E-state index in [1.54, 1.807) is 0 Å². The molecule has 14 heavy (non-hydrogen) atoms. The molecular weight excluding hydrogens is 423 g/mol. The van der Waals surface area contributed by atoms with Gasteiger partial charge >= 0.3 is 101 Å². The number of halogens is 5. The van der Waals surface area contributed by atoms with Crippen LogP contribution in [0.25, 0.3) is 0 Å². The number of hydrogen-bond donors (Lipinski definition) is 0. The first-order valence-electron chi connectivity index (χ1n) is 3.56. The molecule has 0 aliphatic heterocycles. The van der Waals surface area contributed by atoms with Crippen LogP contribution in [0.15, 0.2) is 12.4 Å². The molecule has 0 bridgehead atoms. The minimum absolute atomic E-state index is 0.0786. The first kappa shape index (κ1) is 12.5. The number of alkyl halides is 7. The molecule has 0 unspecified atom stereocenters. The molecule has 1 aromatic heterocycles. The third-order valence-electron chi connectivity index (χ3n) is 1.49. The Labute approximate surface area is 101 Å². The van der Waals surface area contributed by atoms with Crippen LogP contribution >= 0.6 is 0 Å². The second kappa shape index (κ2) is 4.99. The van der Waals surface area contributed by atoms with Gasteiger partial charge in [0.25, 0.3) is 0 Å². The Bertz CT molecular complexity index is 293. The Kier molecular flexibility index (Phi) is 4.47. The summed E-state index contributed by atoms with van der Waals surface area (Å²) in [6.07, 6.45) is -2.23. The molecule has 0 fully saturated rings. The van der Waals surface area contributed by atoms with E-state index in [0.29, 0.717) is 0 Å². The van der Waals surface area contributed by atoms with Crippen LogP contribution in [0.4, 0.5) is 13.2 Å². The van der Waals surface area contributed by atoms with Crippen molar-refractivity contribution in [3.8, 4) is 0 Å². The van der Waals surface area contributed by atoms with Gasteiger partial charge in [0, 0.05) is 0 Å². The predicted octanol–water partition coefficient (Wildman–Crippen LogP) is -4.20. The maximum absolute atomic E-state index is 12.2. The van der Waals surface area contributed by atoms with E-state index in [9.17, 15) is 13.2 Å². The Morgan fingerprint density at radius 3 is 2.29 bits per heavy atom. The van der Waals surface area contributed by atoms with Crippen molar-refractivity contribution in [3.05, 3.63) is 18.0 Å². The minimum atomic E-state index is -4.26. The van der Waals surface area contributed by atoms with Crippen LogP contribution in [0.1, 0.15) is 7.62 Å². The molecule has 1 rings (SSSR count). The first-order chi connectivity index (χ1) is 6.49. The molecule has 84 valence electrons. The van der Waals surface area contributed by atoms with Crippen LogP contribution in [0.3, 0.4) is 0 Å². The molecule has 7 heteroatoms. The van der Waals surface area contributed by atoms with E-state index in [2.05, 4.69) is 15.0 Å².